The van der Waals surface area contributed by atoms with Gasteiger partial charge in [0, 0.05) is 11.9 Å². The highest BCUT2D eigenvalue weighted by Crippen LogP contribution is 2.26. The van der Waals surface area contributed by atoms with E-state index in [0.29, 0.717) is 6.54 Å². The number of benzene rings is 2. The van der Waals surface area contributed by atoms with Gasteiger partial charge in [0.15, 0.2) is 0 Å². The van der Waals surface area contributed by atoms with Crippen LogP contribution in [0.2, 0.25) is 0 Å². The second kappa shape index (κ2) is 8.68. The molecule has 158 valence electrons. The molecule has 1 unspecified atom stereocenters. The molecule has 0 fully saturated rings. The molecule has 32 heavy (non-hydrogen) atoms. The zero-order valence-electron chi connectivity index (χ0n) is 17.0. The van der Waals surface area contributed by atoms with Crippen LogP contribution in [0.4, 0.5) is 5.69 Å². The number of hydrogen-bond donors (Lipinski definition) is 0. The van der Waals surface area contributed by atoms with Gasteiger partial charge < -0.3 is 4.90 Å². The summed E-state index contributed by atoms with van der Waals surface area (Å²) in [5.41, 5.74) is 4.22. The maximum Gasteiger partial charge on any atom is 0.257 e. The minimum absolute atomic E-state index is 0.0744. The number of amides is 2. The number of fused-ring (bicyclic) bond motifs is 1. The van der Waals surface area contributed by atoms with Gasteiger partial charge in [-0.3, -0.25) is 9.59 Å². The van der Waals surface area contributed by atoms with E-state index in [0.717, 1.165) is 27.8 Å². The number of para-hydroxylation sites is 1. The number of dihydropyridines is 1. The van der Waals surface area contributed by atoms with Gasteiger partial charge in [0.25, 0.3) is 5.91 Å². The molecule has 0 radical (unpaired) electrons. The number of allylic oxidation sites excluding steroid dienone is 1. The molecule has 1 atom stereocenters. The summed E-state index contributed by atoms with van der Waals surface area (Å²) >= 11 is 1.59. The lowest BCUT2D eigenvalue weighted by Gasteiger charge is -2.23. The Labute approximate surface area is 188 Å². The van der Waals surface area contributed by atoms with Crippen LogP contribution in [-0.4, -0.2) is 33.0 Å². The van der Waals surface area contributed by atoms with E-state index in [1.807, 2.05) is 71.4 Å². The van der Waals surface area contributed by atoms with Crippen molar-refractivity contribution in [3.63, 3.8) is 0 Å². The summed E-state index contributed by atoms with van der Waals surface area (Å²) in [5, 5.41) is 12.3. The van der Waals surface area contributed by atoms with Gasteiger partial charge in [0.05, 0.1) is 18.0 Å². The number of carbonyl (C=O) groups is 2. The predicted octanol–water partition coefficient (Wildman–Crippen LogP) is 3.98. The highest BCUT2D eigenvalue weighted by atomic mass is 32.1. The number of aliphatic imine (C=N–C) groups is 1. The normalized spacial score (nSPS) is 15.4. The summed E-state index contributed by atoms with van der Waals surface area (Å²) in [4.78, 5) is 31.1. The number of nitrogens with zero attached hydrogens (tertiary/aromatic N) is 5. The van der Waals surface area contributed by atoms with Gasteiger partial charge in [-0.25, -0.2) is 9.67 Å². The maximum absolute atomic E-state index is 13.4. The molecule has 0 saturated carbocycles. The van der Waals surface area contributed by atoms with Crippen molar-refractivity contribution in [2.24, 2.45) is 4.99 Å². The Kier molecular flexibility index (Phi) is 5.43. The van der Waals surface area contributed by atoms with E-state index in [1.54, 1.807) is 27.0 Å². The summed E-state index contributed by atoms with van der Waals surface area (Å²) in [7, 11) is 0. The third-order valence-corrected chi connectivity index (χ3v) is 6.08. The van der Waals surface area contributed by atoms with Gasteiger partial charge in [0.1, 0.15) is 12.1 Å². The topological polar surface area (TPSA) is 80.5 Å². The fraction of sp³-hybridized carbons (Fsp3) is 0.125. The monoisotopic (exact) mass is 441 g/mol. The van der Waals surface area contributed by atoms with Crippen molar-refractivity contribution in [1.82, 2.24) is 15.0 Å². The molecular weight excluding hydrogens is 422 g/mol. The molecule has 0 spiro atoms. The van der Waals surface area contributed by atoms with E-state index in [1.165, 1.54) is 6.21 Å². The van der Waals surface area contributed by atoms with E-state index in [9.17, 15) is 9.59 Å². The molecule has 3 heterocycles. The smallest absolute Gasteiger partial charge is 0.257 e. The molecule has 2 aromatic carbocycles. The lowest BCUT2D eigenvalue weighted by atomic mass is 9.96. The van der Waals surface area contributed by atoms with Gasteiger partial charge in [-0.1, -0.05) is 35.6 Å². The van der Waals surface area contributed by atoms with Gasteiger partial charge in [-0.2, -0.15) is 11.3 Å². The van der Waals surface area contributed by atoms with Crippen molar-refractivity contribution >= 4 is 46.1 Å². The molecule has 1 aliphatic heterocycles. The highest BCUT2D eigenvalue weighted by Gasteiger charge is 2.21. The summed E-state index contributed by atoms with van der Waals surface area (Å²) in [5.74, 6) is -0.682. The average Bonchev–Trinajstić information content (AvgIpc) is 3.48. The number of thiophene rings is 1. The third-order valence-electron chi connectivity index (χ3n) is 5.35. The Bertz CT molecular complexity index is 1320. The van der Waals surface area contributed by atoms with Crippen LogP contribution in [0.1, 0.15) is 17.0 Å². The van der Waals surface area contributed by atoms with Gasteiger partial charge in [-0.05, 0) is 58.3 Å². The summed E-state index contributed by atoms with van der Waals surface area (Å²) in [6.07, 6.45) is 5.10. The van der Waals surface area contributed by atoms with E-state index in [2.05, 4.69) is 15.3 Å². The molecule has 0 saturated heterocycles. The first kappa shape index (κ1) is 20.0. The van der Waals surface area contributed by atoms with Crippen molar-refractivity contribution < 1.29 is 9.59 Å². The van der Waals surface area contributed by atoms with E-state index >= 15 is 0 Å². The molecule has 5 rings (SSSR count). The first-order valence-electron chi connectivity index (χ1n) is 10.1. The van der Waals surface area contributed by atoms with Gasteiger partial charge in [0.2, 0.25) is 5.91 Å². The van der Waals surface area contributed by atoms with Crippen molar-refractivity contribution in [1.29, 1.82) is 0 Å². The molecule has 7 nitrogen and oxygen atoms in total. The second-order valence-corrected chi connectivity index (χ2v) is 8.20. The van der Waals surface area contributed by atoms with Crippen LogP contribution < -0.4 is 4.90 Å². The number of aromatic nitrogens is 3. The van der Waals surface area contributed by atoms with E-state index in [4.69, 9.17) is 0 Å². The van der Waals surface area contributed by atoms with Crippen LogP contribution in [0.3, 0.4) is 0 Å². The van der Waals surface area contributed by atoms with Crippen molar-refractivity contribution in [2.75, 3.05) is 4.90 Å². The van der Waals surface area contributed by atoms with Crippen LogP contribution >= 0.6 is 11.3 Å². The van der Waals surface area contributed by atoms with Crippen molar-refractivity contribution in [2.45, 2.75) is 19.0 Å². The van der Waals surface area contributed by atoms with Crippen LogP contribution in [0, 0.1) is 0 Å². The molecule has 2 amide bonds. The molecule has 0 aliphatic carbocycles. The predicted molar refractivity (Wildman–Crippen MR) is 125 cm³/mol. The number of hydrogen-bond acceptors (Lipinski definition) is 5. The second-order valence-electron chi connectivity index (χ2n) is 7.42. The van der Waals surface area contributed by atoms with Crippen LogP contribution in [-0.2, 0) is 22.7 Å². The number of carbonyl (C=O) groups excluding carboxylic acids is 2. The zero-order chi connectivity index (χ0) is 21.9. The van der Waals surface area contributed by atoms with Crippen LogP contribution in [0.15, 0.2) is 82.5 Å². The summed E-state index contributed by atoms with van der Waals surface area (Å²) < 4.78 is 1.62. The minimum Gasteiger partial charge on any atom is -0.306 e. The molecule has 0 bridgehead atoms. The Morgan fingerprint density at radius 3 is 2.72 bits per heavy atom. The fourth-order valence-corrected chi connectivity index (χ4v) is 4.35. The largest absolute Gasteiger partial charge is 0.306 e. The Balaban J connectivity index is 1.43. The van der Waals surface area contributed by atoms with Crippen LogP contribution in [0.25, 0.3) is 11.0 Å². The lowest BCUT2D eigenvalue weighted by molar-refractivity contribution is -0.119. The molecular formula is C24H19N5O2S. The minimum atomic E-state index is -0.392. The first-order chi connectivity index (χ1) is 15.7. The summed E-state index contributed by atoms with van der Waals surface area (Å²) in [6, 6.07) is 17.1. The Hall–Kier alpha value is -3.91. The fourth-order valence-electron chi connectivity index (χ4n) is 3.69. The van der Waals surface area contributed by atoms with Gasteiger partial charge in [-0.15, -0.1) is 5.10 Å². The number of rotatable bonds is 6. The summed E-state index contributed by atoms with van der Waals surface area (Å²) in [6.45, 7) is 0.520. The Morgan fingerprint density at radius 1 is 1.09 bits per heavy atom. The van der Waals surface area contributed by atoms with Crippen LogP contribution in [0.5, 0.6) is 0 Å². The van der Waals surface area contributed by atoms with Crippen molar-refractivity contribution in [3.8, 4) is 0 Å². The average molecular weight is 442 g/mol. The SMILES string of the molecule is O=C1N=CC=CC1c1ccc(N(Cc2ccsc2)C(=O)Cn2nnc3ccccc32)cc1. The molecule has 0 N–H and O–H groups in total. The zero-order valence-corrected chi connectivity index (χ0v) is 17.9. The molecule has 8 heteroatoms. The van der Waals surface area contributed by atoms with Crippen molar-refractivity contribution in [3.05, 3.63) is 88.6 Å². The lowest BCUT2D eigenvalue weighted by Crippen LogP contribution is -2.33. The van der Waals surface area contributed by atoms with E-state index in [-0.39, 0.29) is 18.4 Å². The van der Waals surface area contributed by atoms with E-state index < -0.39 is 5.92 Å². The molecule has 1 aliphatic rings. The highest BCUT2D eigenvalue weighted by molar-refractivity contribution is 7.07. The number of anilines is 1. The molecule has 2 aromatic heterocycles. The quantitative estimate of drug-likeness (QED) is 0.453. The Morgan fingerprint density at radius 2 is 1.94 bits per heavy atom. The maximum atomic E-state index is 13.4. The third kappa shape index (κ3) is 4.00. The standard InChI is InChI=1S/C24H19N5O2S/c30-23(15-29-22-6-2-1-5-21(22)26-27-29)28(14-17-11-13-32-16-17)19-9-7-18(8-10-19)20-4-3-12-25-24(20)31/h1-13,16,20H,14-15H2. The van der Waals surface area contributed by atoms with Gasteiger partial charge >= 0.3 is 0 Å². The molecule has 4 aromatic rings. The first-order valence-corrected chi connectivity index (χ1v) is 11.1.